The summed E-state index contributed by atoms with van der Waals surface area (Å²) in [5.41, 5.74) is 7.92. The molecule has 5 heteroatoms. The van der Waals surface area contributed by atoms with Crippen molar-refractivity contribution in [1.29, 1.82) is 0 Å². The SMILES string of the molecule is CC(C)(C)C1CCN(c2ccc(Br)cc2/C(N)=N/O)C1. The maximum atomic E-state index is 8.96. The van der Waals surface area contributed by atoms with Gasteiger partial charge in [-0.3, -0.25) is 0 Å². The van der Waals surface area contributed by atoms with Gasteiger partial charge in [0.2, 0.25) is 0 Å². The second kappa shape index (κ2) is 5.64. The van der Waals surface area contributed by atoms with E-state index in [1.54, 1.807) is 0 Å². The second-order valence-corrected chi connectivity index (χ2v) is 7.36. The van der Waals surface area contributed by atoms with Crippen molar-refractivity contribution in [2.45, 2.75) is 27.2 Å². The van der Waals surface area contributed by atoms with Crippen LogP contribution in [0.3, 0.4) is 0 Å². The third-order valence-electron chi connectivity index (χ3n) is 4.10. The molecule has 1 aliphatic rings. The minimum Gasteiger partial charge on any atom is -0.409 e. The molecule has 0 spiro atoms. The van der Waals surface area contributed by atoms with E-state index in [0.717, 1.165) is 28.8 Å². The molecule has 0 bridgehead atoms. The first kappa shape index (κ1) is 15.2. The predicted octanol–water partition coefficient (Wildman–Crippen LogP) is 3.42. The van der Waals surface area contributed by atoms with E-state index >= 15 is 0 Å². The van der Waals surface area contributed by atoms with E-state index in [0.29, 0.717) is 11.3 Å². The molecule has 0 aliphatic carbocycles. The highest BCUT2D eigenvalue weighted by atomic mass is 79.9. The number of oxime groups is 1. The molecule has 0 radical (unpaired) electrons. The number of nitrogens with zero attached hydrogens (tertiary/aromatic N) is 2. The summed E-state index contributed by atoms with van der Waals surface area (Å²) in [5.74, 6) is 0.812. The summed E-state index contributed by atoms with van der Waals surface area (Å²) in [5, 5.41) is 12.1. The number of rotatable bonds is 2. The van der Waals surface area contributed by atoms with E-state index in [1.165, 1.54) is 6.42 Å². The molecule has 0 saturated carbocycles. The van der Waals surface area contributed by atoms with Gasteiger partial charge in [0.15, 0.2) is 5.84 Å². The molecule has 0 aromatic heterocycles. The maximum Gasteiger partial charge on any atom is 0.172 e. The van der Waals surface area contributed by atoms with Gasteiger partial charge in [0.25, 0.3) is 0 Å². The van der Waals surface area contributed by atoms with E-state index in [-0.39, 0.29) is 5.84 Å². The van der Waals surface area contributed by atoms with Crippen LogP contribution in [0, 0.1) is 11.3 Å². The van der Waals surface area contributed by atoms with E-state index in [4.69, 9.17) is 10.9 Å². The molecule has 1 unspecified atom stereocenters. The van der Waals surface area contributed by atoms with Gasteiger partial charge in [-0.15, -0.1) is 0 Å². The summed E-state index contributed by atoms with van der Waals surface area (Å²) in [7, 11) is 0. The average Bonchev–Trinajstić information content (AvgIpc) is 2.87. The van der Waals surface area contributed by atoms with Crippen LogP contribution in [0.4, 0.5) is 5.69 Å². The quantitative estimate of drug-likeness (QED) is 0.375. The third-order valence-corrected chi connectivity index (χ3v) is 4.59. The van der Waals surface area contributed by atoms with Crippen molar-refractivity contribution >= 4 is 27.5 Å². The zero-order valence-electron chi connectivity index (χ0n) is 12.2. The average molecular weight is 340 g/mol. The van der Waals surface area contributed by atoms with Crippen LogP contribution in [0.2, 0.25) is 0 Å². The molecule has 2 rings (SSSR count). The summed E-state index contributed by atoms with van der Waals surface area (Å²) in [6, 6.07) is 5.92. The first-order valence-electron chi connectivity index (χ1n) is 6.85. The Morgan fingerprint density at radius 3 is 2.70 bits per heavy atom. The second-order valence-electron chi connectivity index (χ2n) is 6.44. The Morgan fingerprint density at radius 2 is 2.15 bits per heavy atom. The molecule has 1 atom stereocenters. The summed E-state index contributed by atoms with van der Waals surface area (Å²) in [6.45, 7) is 8.87. The predicted molar refractivity (Wildman–Crippen MR) is 86.4 cm³/mol. The lowest BCUT2D eigenvalue weighted by Gasteiger charge is -2.28. The fourth-order valence-corrected chi connectivity index (χ4v) is 3.09. The molecule has 1 aromatic carbocycles. The lowest BCUT2D eigenvalue weighted by atomic mass is 9.80. The summed E-state index contributed by atoms with van der Waals surface area (Å²) in [6.07, 6.45) is 1.18. The number of halogens is 1. The molecular weight excluding hydrogens is 318 g/mol. The highest BCUT2D eigenvalue weighted by Gasteiger charge is 2.32. The van der Waals surface area contributed by atoms with Crippen molar-refractivity contribution in [1.82, 2.24) is 0 Å². The normalized spacial score (nSPS) is 20.5. The van der Waals surface area contributed by atoms with Gasteiger partial charge in [0.1, 0.15) is 0 Å². The van der Waals surface area contributed by atoms with Gasteiger partial charge in [-0.25, -0.2) is 0 Å². The van der Waals surface area contributed by atoms with Crippen LogP contribution in [0.15, 0.2) is 27.8 Å². The van der Waals surface area contributed by atoms with Crippen LogP contribution in [0.25, 0.3) is 0 Å². The number of nitrogens with two attached hydrogens (primary N) is 1. The monoisotopic (exact) mass is 339 g/mol. The van der Waals surface area contributed by atoms with Crippen LogP contribution < -0.4 is 10.6 Å². The van der Waals surface area contributed by atoms with Crippen molar-refractivity contribution in [2.75, 3.05) is 18.0 Å². The molecule has 1 fully saturated rings. The Morgan fingerprint density at radius 1 is 1.45 bits per heavy atom. The molecule has 0 amide bonds. The van der Waals surface area contributed by atoms with E-state index < -0.39 is 0 Å². The van der Waals surface area contributed by atoms with Gasteiger partial charge in [-0.05, 0) is 36.0 Å². The topological polar surface area (TPSA) is 61.8 Å². The van der Waals surface area contributed by atoms with Gasteiger partial charge in [0, 0.05) is 28.8 Å². The Hall–Kier alpha value is -1.23. The first-order valence-corrected chi connectivity index (χ1v) is 7.64. The van der Waals surface area contributed by atoms with Gasteiger partial charge >= 0.3 is 0 Å². The Balaban J connectivity index is 2.31. The smallest absolute Gasteiger partial charge is 0.172 e. The number of hydrogen-bond donors (Lipinski definition) is 2. The van der Waals surface area contributed by atoms with Crippen molar-refractivity contribution in [2.24, 2.45) is 22.2 Å². The van der Waals surface area contributed by atoms with Crippen LogP contribution in [0.1, 0.15) is 32.8 Å². The van der Waals surface area contributed by atoms with Crippen molar-refractivity contribution in [3.63, 3.8) is 0 Å². The lowest BCUT2D eigenvalue weighted by molar-refractivity contribution is 0.263. The summed E-state index contributed by atoms with van der Waals surface area (Å²) < 4.78 is 0.925. The molecule has 110 valence electrons. The van der Waals surface area contributed by atoms with Gasteiger partial charge in [0.05, 0.1) is 0 Å². The zero-order valence-corrected chi connectivity index (χ0v) is 13.8. The third kappa shape index (κ3) is 3.08. The minimum absolute atomic E-state index is 0.153. The van der Waals surface area contributed by atoms with Crippen LogP contribution in [-0.4, -0.2) is 24.1 Å². The van der Waals surface area contributed by atoms with Gasteiger partial charge < -0.3 is 15.8 Å². The Kier molecular flexibility index (Phi) is 4.28. The van der Waals surface area contributed by atoms with Crippen molar-refractivity contribution in [3.05, 3.63) is 28.2 Å². The van der Waals surface area contributed by atoms with Crippen LogP contribution >= 0.6 is 15.9 Å². The molecule has 3 N–H and O–H groups in total. The molecule has 1 heterocycles. The minimum atomic E-state index is 0.153. The maximum absolute atomic E-state index is 8.96. The van der Waals surface area contributed by atoms with E-state index in [2.05, 4.69) is 46.8 Å². The van der Waals surface area contributed by atoms with Crippen LogP contribution in [-0.2, 0) is 0 Å². The number of anilines is 1. The Bertz CT molecular complexity index is 522. The molecule has 1 aromatic rings. The molecular formula is C15H22BrN3O. The standard InChI is InChI=1S/C15H22BrN3O/c1-15(2,3)10-6-7-19(9-10)13-5-4-11(16)8-12(13)14(17)18-20/h4-5,8,10,20H,6-7,9H2,1-3H3,(H2,17,18). The highest BCUT2D eigenvalue weighted by Crippen LogP contribution is 2.37. The zero-order chi connectivity index (χ0) is 14.9. The first-order chi connectivity index (χ1) is 9.32. The van der Waals surface area contributed by atoms with Gasteiger partial charge in [-0.1, -0.05) is 41.9 Å². The fourth-order valence-electron chi connectivity index (χ4n) is 2.73. The Labute approximate surface area is 128 Å². The summed E-state index contributed by atoms with van der Waals surface area (Å²) >= 11 is 3.44. The highest BCUT2D eigenvalue weighted by molar-refractivity contribution is 9.10. The van der Waals surface area contributed by atoms with E-state index in [1.807, 2.05) is 18.2 Å². The fraction of sp³-hybridized carbons (Fsp3) is 0.533. The van der Waals surface area contributed by atoms with Crippen molar-refractivity contribution < 1.29 is 5.21 Å². The van der Waals surface area contributed by atoms with Gasteiger partial charge in [-0.2, -0.15) is 0 Å². The largest absolute Gasteiger partial charge is 0.409 e. The lowest BCUT2D eigenvalue weighted by Crippen LogP contribution is -2.28. The summed E-state index contributed by atoms with van der Waals surface area (Å²) in [4.78, 5) is 2.33. The van der Waals surface area contributed by atoms with Crippen LogP contribution in [0.5, 0.6) is 0 Å². The number of benzene rings is 1. The number of hydrogen-bond acceptors (Lipinski definition) is 3. The molecule has 1 aliphatic heterocycles. The molecule has 20 heavy (non-hydrogen) atoms. The number of amidine groups is 1. The van der Waals surface area contributed by atoms with E-state index in [9.17, 15) is 0 Å². The molecule has 1 saturated heterocycles. The van der Waals surface area contributed by atoms with Crippen molar-refractivity contribution in [3.8, 4) is 0 Å². The molecule has 4 nitrogen and oxygen atoms in total.